The van der Waals surface area contributed by atoms with Gasteiger partial charge >= 0.3 is 0 Å². The summed E-state index contributed by atoms with van der Waals surface area (Å²) < 4.78 is 27.4. The number of hydrogen-bond donors (Lipinski definition) is 2. The molecule has 0 bridgehead atoms. The molecule has 0 aliphatic rings. The lowest BCUT2D eigenvalue weighted by molar-refractivity contribution is 0.580. The van der Waals surface area contributed by atoms with E-state index in [1.54, 1.807) is 19.2 Å². The van der Waals surface area contributed by atoms with E-state index in [-0.39, 0.29) is 11.4 Å². The smallest absolute Gasteiger partial charge is 0.241 e. The monoisotopic (exact) mass is 305 g/mol. The van der Waals surface area contributed by atoms with Gasteiger partial charge in [-0.3, -0.25) is 4.98 Å². The molecule has 112 valence electrons. The lowest BCUT2D eigenvalue weighted by atomic mass is 10.1. The Labute approximate surface area is 125 Å². The van der Waals surface area contributed by atoms with Crippen molar-refractivity contribution in [1.29, 1.82) is 0 Å². The van der Waals surface area contributed by atoms with Crippen LogP contribution in [0.3, 0.4) is 0 Å². The molecule has 1 heterocycles. The molecule has 0 saturated heterocycles. The third-order valence-electron chi connectivity index (χ3n) is 3.37. The average molecular weight is 305 g/mol. The lowest BCUT2D eigenvalue weighted by Gasteiger charge is -2.12. The minimum atomic E-state index is -3.60. The van der Waals surface area contributed by atoms with Crippen LogP contribution in [0.25, 0.3) is 0 Å². The molecule has 0 spiro atoms. The van der Waals surface area contributed by atoms with Crippen molar-refractivity contribution in [3.63, 3.8) is 0 Å². The van der Waals surface area contributed by atoms with Crippen LogP contribution < -0.4 is 10.5 Å². The van der Waals surface area contributed by atoms with Gasteiger partial charge in [-0.2, -0.15) is 0 Å². The van der Waals surface area contributed by atoms with Crippen LogP contribution in [0.4, 0.5) is 5.69 Å². The number of hydrogen-bond acceptors (Lipinski definition) is 4. The zero-order valence-corrected chi connectivity index (χ0v) is 13.2. The van der Waals surface area contributed by atoms with E-state index in [0.717, 1.165) is 16.8 Å². The van der Waals surface area contributed by atoms with Crippen LogP contribution in [0.2, 0.25) is 0 Å². The minimum Gasteiger partial charge on any atom is -0.399 e. The van der Waals surface area contributed by atoms with Gasteiger partial charge < -0.3 is 5.73 Å². The third kappa shape index (κ3) is 3.59. The largest absolute Gasteiger partial charge is 0.399 e. The molecule has 0 fully saturated rings. The van der Waals surface area contributed by atoms with Gasteiger partial charge in [-0.1, -0.05) is 6.07 Å². The van der Waals surface area contributed by atoms with E-state index >= 15 is 0 Å². The zero-order valence-electron chi connectivity index (χ0n) is 12.3. The fraction of sp³-hybridized carbons (Fsp3) is 0.267. The number of nitrogens with one attached hydrogen (secondary N) is 1. The van der Waals surface area contributed by atoms with Gasteiger partial charge in [-0.05, 0) is 55.7 Å². The fourth-order valence-corrected chi connectivity index (χ4v) is 3.36. The van der Waals surface area contributed by atoms with Crippen LogP contribution in [-0.2, 0) is 16.6 Å². The summed E-state index contributed by atoms with van der Waals surface area (Å²) in [7, 11) is -3.60. The molecule has 6 heteroatoms. The molecule has 5 nitrogen and oxygen atoms in total. The normalized spacial score (nSPS) is 11.6. The van der Waals surface area contributed by atoms with E-state index in [0.29, 0.717) is 11.3 Å². The van der Waals surface area contributed by atoms with Crippen LogP contribution in [0.1, 0.15) is 22.4 Å². The zero-order chi connectivity index (χ0) is 15.6. The van der Waals surface area contributed by atoms with Crippen molar-refractivity contribution in [2.75, 3.05) is 5.73 Å². The molecule has 0 unspecified atom stereocenters. The van der Waals surface area contributed by atoms with Crippen molar-refractivity contribution in [3.8, 4) is 0 Å². The summed E-state index contributed by atoms with van der Waals surface area (Å²) in [5, 5.41) is 0. The van der Waals surface area contributed by atoms with Gasteiger partial charge in [0.15, 0.2) is 0 Å². The summed E-state index contributed by atoms with van der Waals surface area (Å²) in [6, 6.07) is 6.94. The van der Waals surface area contributed by atoms with Gasteiger partial charge in [0.25, 0.3) is 0 Å². The van der Waals surface area contributed by atoms with Crippen molar-refractivity contribution in [1.82, 2.24) is 9.71 Å². The van der Waals surface area contributed by atoms with Crippen LogP contribution in [0.15, 0.2) is 35.4 Å². The number of nitrogen functional groups attached to an aromatic ring is 1. The number of aromatic nitrogens is 1. The SMILES string of the molecule is Cc1ccc(CNS(=O)(=O)c2cc(N)cc(C)c2C)cn1. The van der Waals surface area contributed by atoms with E-state index < -0.39 is 10.0 Å². The molecule has 0 amide bonds. The maximum Gasteiger partial charge on any atom is 0.241 e. The Bertz CT molecular complexity index is 753. The second-order valence-electron chi connectivity index (χ2n) is 5.09. The van der Waals surface area contributed by atoms with E-state index in [9.17, 15) is 8.42 Å². The van der Waals surface area contributed by atoms with Gasteiger partial charge in [0.2, 0.25) is 10.0 Å². The Hall–Kier alpha value is -1.92. The molecule has 0 atom stereocenters. The summed E-state index contributed by atoms with van der Waals surface area (Å²) in [6.07, 6.45) is 1.66. The van der Waals surface area contributed by atoms with Crippen molar-refractivity contribution < 1.29 is 8.42 Å². The lowest BCUT2D eigenvalue weighted by Crippen LogP contribution is -2.24. The predicted molar refractivity (Wildman–Crippen MR) is 83.3 cm³/mol. The highest BCUT2D eigenvalue weighted by Crippen LogP contribution is 2.22. The Balaban J connectivity index is 2.25. The minimum absolute atomic E-state index is 0.197. The standard InChI is InChI=1S/C15H19N3O2S/c1-10-6-14(16)7-15(12(10)3)21(19,20)18-9-13-5-4-11(2)17-8-13/h4-8,18H,9,16H2,1-3H3. The molecule has 3 N–H and O–H groups in total. The topological polar surface area (TPSA) is 85.1 Å². The second kappa shape index (κ2) is 5.83. The molecule has 2 aromatic rings. The number of pyridine rings is 1. The van der Waals surface area contributed by atoms with Gasteiger partial charge in [0.1, 0.15) is 0 Å². The first-order chi connectivity index (χ1) is 9.79. The fourth-order valence-electron chi connectivity index (χ4n) is 1.99. The maximum absolute atomic E-state index is 12.4. The van der Waals surface area contributed by atoms with Crippen molar-refractivity contribution in [3.05, 3.63) is 52.8 Å². The first-order valence-corrected chi connectivity index (χ1v) is 8.06. The van der Waals surface area contributed by atoms with E-state index in [1.807, 2.05) is 26.0 Å². The maximum atomic E-state index is 12.4. The van der Waals surface area contributed by atoms with Crippen molar-refractivity contribution in [2.45, 2.75) is 32.2 Å². The van der Waals surface area contributed by atoms with E-state index in [4.69, 9.17) is 5.73 Å². The van der Waals surface area contributed by atoms with Crippen molar-refractivity contribution in [2.24, 2.45) is 0 Å². The number of rotatable bonds is 4. The Morgan fingerprint density at radius 3 is 2.52 bits per heavy atom. The van der Waals surface area contributed by atoms with Crippen molar-refractivity contribution >= 4 is 15.7 Å². The molecule has 0 saturated carbocycles. The van der Waals surface area contributed by atoms with Crippen LogP contribution in [0, 0.1) is 20.8 Å². The molecule has 0 aliphatic heterocycles. The molecule has 2 rings (SSSR count). The van der Waals surface area contributed by atoms with Crippen LogP contribution in [0.5, 0.6) is 0 Å². The summed E-state index contributed by atoms with van der Waals surface area (Å²) in [5.74, 6) is 0. The first-order valence-electron chi connectivity index (χ1n) is 6.57. The molecule has 1 aromatic heterocycles. The first kappa shape index (κ1) is 15.5. The van der Waals surface area contributed by atoms with Gasteiger partial charge in [0, 0.05) is 24.1 Å². The Morgan fingerprint density at radius 1 is 1.19 bits per heavy atom. The Kier molecular flexibility index (Phi) is 4.29. The van der Waals surface area contributed by atoms with Crippen LogP contribution >= 0.6 is 0 Å². The van der Waals surface area contributed by atoms with Gasteiger partial charge in [-0.15, -0.1) is 0 Å². The molecule has 21 heavy (non-hydrogen) atoms. The summed E-state index contributed by atoms with van der Waals surface area (Å²) in [6.45, 7) is 5.70. The van der Waals surface area contributed by atoms with Gasteiger partial charge in [-0.25, -0.2) is 13.1 Å². The molecule has 1 aromatic carbocycles. The second-order valence-corrected chi connectivity index (χ2v) is 6.83. The highest BCUT2D eigenvalue weighted by molar-refractivity contribution is 7.89. The molecular weight excluding hydrogens is 286 g/mol. The average Bonchev–Trinajstić information content (AvgIpc) is 2.42. The highest BCUT2D eigenvalue weighted by Gasteiger charge is 2.18. The number of benzene rings is 1. The third-order valence-corrected chi connectivity index (χ3v) is 4.90. The number of aryl methyl sites for hydroxylation is 2. The van der Waals surface area contributed by atoms with E-state index in [2.05, 4.69) is 9.71 Å². The number of nitrogens with zero attached hydrogens (tertiary/aromatic N) is 1. The van der Waals surface area contributed by atoms with E-state index in [1.165, 1.54) is 6.07 Å². The highest BCUT2D eigenvalue weighted by atomic mass is 32.2. The summed E-state index contributed by atoms with van der Waals surface area (Å²) in [4.78, 5) is 4.37. The van der Waals surface area contributed by atoms with Crippen LogP contribution in [-0.4, -0.2) is 13.4 Å². The summed E-state index contributed by atoms with van der Waals surface area (Å²) in [5.41, 5.74) is 9.45. The molecular formula is C15H19N3O2S. The predicted octanol–water partition coefficient (Wildman–Crippen LogP) is 2.07. The number of nitrogens with two attached hydrogens (primary N) is 1. The number of anilines is 1. The van der Waals surface area contributed by atoms with Gasteiger partial charge in [0.05, 0.1) is 4.90 Å². The molecule has 0 radical (unpaired) electrons. The quantitative estimate of drug-likeness (QED) is 0.847. The number of sulfonamides is 1. The Morgan fingerprint density at radius 2 is 1.90 bits per heavy atom. The summed E-state index contributed by atoms with van der Waals surface area (Å²) >= 11 is 0. The molecule has 0 aliphatic carbocycles.